The molecule has 0 saturated carbocycles. The summed E-state index contributed by atoms with van der Waals surface area (Å²) in [6, 6.07) is 11.3. The first-order valence-corrected chi connectivity index (χ1v) is 18.3. The van der Waals surface area contributed by atoms with Crippen LogP contribution < -0.4 is 10.1 Å². The summed E-state index contributed by atoms with van der Waals surface area (Å²) in [5, 5.41) is 4.32. The van der Waals surface area contributed by atoms with Gasteiger partial charge in [-0.3, -0.25) is 4.79 Å². The van der Waals surface area contributed by atoms with Gasteiger partial charge in [0.25, 0.3) is 0 Å². The summed E-state index contributed by atoms with van der Waals surface area (Å²) < 4.78 is 17.0. The summed E-state index contributed by atoms with van der Waals surface area (Å²) in [4.78, 5) is 45.3. The maximum absolute atomic E-state index is 12.8. The van der Waals surface area contributed by atoms with Gasteiger partial charge in [-0.2, -0.15) is 0 Å². The van der Waals surface area contributed by atoms with Gasteiger partial charge in [0.1, 0.15) is 23.6 Å². The second-order valence-corrected chi connectivity index (χ2v) is 16.1. The number of hydrogen-bond donors (Lipinski definition) is 2. The summed E-state index contributed by atoms with van der Waals surface area (Å²) in [6.45, 7) is 16.6. The number of fused-ring (bicyclic) bond motifs is 1. The van der Waals surface area contributed by atoms with Crippen molar-refractivity contribution in [1.82, 2.24) is 20.1 Å². The number of rotatable bonds is 10. The number of amides is 2. The van der Waals surface area contributed by atoms with E-state index >= 15 is 0 Å². The fourth-order valence-corrected chi connectivity index (χ4v) is 6.93. The van der Waals surface area contributed by atoms with Crippen molar-refractivity contribution in [1.29, 1.82) is 0 Å². The number of nitrogens with zero attached hydrogens (tertiary/aromatic N) is 2. The highest BCUT2D eigenvalue weighted by Gasteiger charge is 2.29. The fourth-order valence-electron chi connectivity index (χ4n) is 6.65. The number of piperidine rings is 2. The maximum atomic E-state index is 12.8. The first-order valence-electron chi connectivity index (χ1n) is 17.9. The average molecular weight is 709 g/mol. The molecular formula is C39H53ClN4O6. The minimum absolute atomic E-state index is 0.0671. The van der Waals surface area contributed by atoms with Crippen LogP contribution in [0.4, 0.5) is 4.79 Å². The lowest BCUT2D eigenvalue weighted by Crippen LogP contribution is -2.45. The molecule has 2 saturated heterocycles. The first kappa shape index (κ1) is 37.5. The largest absolute Gasteiger partial charge is 0.492 e. The van der Waals surface area contributed by atoms with E-state index in [0.29, 0.717) is 47.7 Å². The molecule has 1 aromatic heterocycles. The standard InChI is InChI=1S/C39H53ClN4O6/c1-38(2,3)49-36(46)32-24-42-34-23-33(40)30(22-31(32)34)28-7-9-29(10-8-28)48-20-15-41-35(45)21-26-11-16-43(17-12-26)25-27-13-18-44(19-14-27)37(47)50-39(4,5)6/h7-10,22-24,26-27,42H,11-21,25H2,1-6H3,(H,41,45). The van der Waals surface area contributed by atoms with Gasteiger partial charge >= 0.3 is 12.1 Å². The molecule has 2 aliphatic heterocycles. The summed E-state index contributed by atoms with van der Waals surface area (Å²) in [5.74, 6) is 1.36. The van der Waals surface area contributed by atoms with E-state index in [1.54, 1.807) is 6.20 Å². The predicted molar refractivity (Wildman–Crippen MR) is 197 cm³/mol. The van der Waals surface area contributed by atoms with Crippen LogP contribution in [0.2, 0.25) is 5.02 Å². The Bertz CT molecular complexity index is 1620. The molecule has 10 nitrogen and oxygen atoms in total. The molecule has 50 heavy (non-hydrogen) atoms. The first-order chi connectivity index (χ1) is 23.6. The highest BCUT2D eigenvalue weighted by Crippen LogP contribution is 2.35. The molecule has 2 N–H and O–H groups in total. The zero-order chi connectivity index (χ0) is 36.1. The maximum Gasteiger partial charge on any atom is 0.410 e. The van der Waals surface area contributed by atoms with Crippen LogP contribution in [0.1, 0.15) is 84.0 Å². The van der Waals surface area contributed by atoms with Crippen LogP contribution in [0.5, 0.6) is 5.75 Å². The van der Waals surface area contributed by atoms with Crippen molar-refractivity contribution < 1.29 is 28.6 Å². The topological polar surface area (TPSA) is 113 Å². The van der Waals surface area contributed by atoms with Crippen LogP contribution in [0.25, 0.3) is 22.0 Å². The SMILES string of the molecule is CC(C)(C)OC(=O)c1c[nH]c2cc(Cl)c(-c3ccc(OCCNC(=O)CC4CCN(CC5CCN(C(=O)OC(C)(C)C)CC5)CC4)cc3)cc12. The molecule has 0 atom stereocenters. The van der Waals surface area contributed by atoms with E-state index in [1.807, 2.05) is 82.8 Å². The lowest BCUT2D eigenvalue weighted by molar-refractivity contribution is -0.122. The van der Waals surface area contributed by atoms with Gasteiger partial charge in [0.15, 0.2) is 0 Å². The summed E-state index contributed by atoms with van der Waals surface area (Å²) in [7, 11) is 0. The number of aromatic nitrogens is 1. The van der Waals surface area contributed by atoms with Crippen molar-refractivity contribution >= 4 is 40.5 Å². The van der Waals surface area contributed by atoms with Gasteiger partial charge in [-0.1, -0.05) is 23.7 Å². The highest BCUT2D eigenvalue weighted by atomic mass is 35.5. The Morgan fingerprint density at radius 3 is 2.16 bits per heavy atom. The Hall–Kier alpha value is -3.76. The van der Waals surface area contributed by atoms with Crippen LogP contribution >= 0.6 is 11.6 Å². The molecule has 0 unspecified atom stereocenters. The minimum Gasteiger partial charge on any atom is -0.492 e. The zero-order valence-corrected chi connectivity index (χ0v) is 31.2. The Labute approximate surface area is 301 Å². The highest BCUT2D eigenvalue weighted by molar-refractivity contribution is 6.34. The molecule has 2 fully saturated rings. The summed E-state index contributed by atoms with van der Waals surface area (Å²) >= 11 is 6.62. The van der Waals surface area contributed by atoms with Gasteiger partial charge in [-0.05, 0) is 122 Å². The lowest BCUT2D eigenvalue weighted by atomic mass is 9.91. The number of H-pyrrole nitrogens is 1. The average Bonchev–Trinajstić information content (AvgIpc) is 3.45. The Morgan fingerprint density at radius 2 is 1.52 bits per heavy atom. The van der Waals surface area contributed by atoms with E-state index in [0.717, 1.165) is 80.4 Å². The van der Waals surface area contributed by atoms with E-state index in [1.165, 1.54) is 0 Å². The number of benzene rings is 2. The second-order valence-electron chi connectivity index (χ2n) is 15.7. The molecule has 0 radical (unpaired) electrons. The number of nitrogens with one attached hydrogen (secondary N) is 2. The Balaban J connectivity index is 0.997. The zero-order valence-electron chi connectivity index (χ0n) is 30.4. The van der Waals surface area contributed by atoms with Crippen LogP contribution in [0, 0.1) is 11.8 Å². The smallest absolute Gasteiger partial charge is 0.410 e. The van der Waals surface area contributed by atoms with Gasteiger partial charge in [0.2, 0.25) is 5.91 Å². The molecule has 3 heterocycles. The van der Waals surface area contributed by atoms with Crippen LogP contribution in [-0.4, -0.2) is 89.8 Å². The van der Waals surface area contributed by atoms with E-state index in [9.17, 15) is 14.4 Å². The van der Waals surface area contributed by atoms with Crippen LogP contribution in [0.15, 0.2) is 42.6 Å². The second kappa shape index (κ2) is 16.1. The van der Waals surface area contributed by atoms with Gasteiger partial charge in [0, 0.05) is 48.7 Å². The van der Waals surface area contributed by atoms with Gasteiger partial charge < -0.3 is 34.3 Å². The Kier molecular flexibility index (Phi) is 12.0. The van der Waals surface area contributed by atoms with Crippen molar-refractivity contribution in [2.75, 3.05) is 45.9 Å². The molecule has 2 amide bonds. The van der Waals surface area contributed by atoms with Crippen molar-refractivity contribution in [3.05, 3.63) is 53.2 Å². The third-order valence-electron chi connectivity index (χ3n) is 9.21. The minimum atomic E-state index is -0.597. The Morgan fingerprint density at radius 1 is 0.880 bits per heavy atom. The molecule has 5 rings (SSSR count). The molecule has 0 bridgehead atoms. The van der Waals surface area contributed by atoms with E-state index in [-0.39, 0.29) is 18.0 Å². The number of hydrogen-bond acceptors (Lipinski definition) is 7. The lowest BCUT2D eigenvalue weighted by Gasteiger charge is -2.38. The predicted octanol–water partition coefficient (Wildman–Crippen LogP) is 7.69. The van der Waals surface area contributed by atoms with Gasteiger partial charge in [0.05, 0.1) is 17.1 Å². The third-order valence-corrected chi connectivity index (χ3v) is 9.52. The fraction of sp³-hybridized carbons (Fsp3) is 0.564. The van der Waals surface area contributed by atoms with Crippen molar-refractivity contribution in [3.63, 3.8) is 0 Å². The van der Waals surface area contributed by atoms with Crippen LogP contribution in [0.3, 0.4) is 0 Å². The molecule has 3 aromatic rings. The molecule has 0 spiro atoms. The van der Waals surface area contributed by atoms with Crippen molar-refractivity contribution in [2.45, 2.75) is 84.8 Å². The van der Waals surface area contributed by atoms with Crippen molar-refractivity contribution in [3.8, 4) is 16.9 Å². The number of carbonyl (C=O) groups excluding carboxylic acids is 3. The number of esters is 1. The number of aromatic amines is 1. The quantitative estimate of drug-likeness (QED) is 0.164. The van der Waals surface area contributed by atoms with Gasteiger partial charge in [-0.25, -0.2) is 9.59 Å². The normalized spacial score (nSPS) is 16.7. The molecule has 2 aliphatic rings. The van der Waals surface area contributed by atoms with E-state index < -0.39 is 11.2 Å². The number of ether oxygens (including phenoxy) is 3. The summed E-state index contributed by atoms with van der Waals surface area (Å²) in [6.07, 6.45) is 6.05. The van der Waals surface area contributed by atoms with Crippen molar-refractivity contribution in [2.24, 2.45) is 11.8 Å². The number of carbonyl (C=O) groups is 3. The van der Waals surface area contributed by atoms with Gasteiger partial charge in [-0.15, -0.1) is 0 Å². The molecular weight excluding hydrogens is 656 g/mol. The monoisotopic (exact) mass is 708 g/mol. The number of likely N-dealkylation sites (tertiary alicyclic amines) is 2. The van der Waals surface area contributed by atoms with Crippen LogP contribution in [-0.2, 0) is 14.3 Å². The van der Waals surface area contributed by atoms with E-state index in [2.05, 4.69) is 15.2 Å². The third kappa shape index (κ3) is 10.6. The number of halogens is 1. The summed E-state index contributed by atoms with van der Waals surface area (Å²) in [5.41, 5.74) is 1.85. The molecule has 11 heteroatoms. The molecule has 272 valence electrons. The molecule has 0 aliphatic carbocycles. The van der Waals surface area contributed by atoms with E-state index in [4.69, 9.17) is 25.8 Å². The molecule has 2 aromatic carbocycles.